The van der Waals surface area contributed by atoms with Crippen molar-refractivity contribution in [3.05, 3.63) is 108 Å². The Kier molecular flexibility index (Phi) is 11.0. The lowest BCUT2D eigenvalue weighted by atomic mass is 9.90. The van der Waals surface area contributed by atoms with Crippen LogP contribution in [0.4, 0.5) is 0 Å². The van der Waals surface area contributed by atoms with Gasteiger partial charge < -0.3 is 29.9 Å². The second-order valence-corrected chi connectivity index (χ2v) is 10.8. The second kappa shape index (κ2) is 14.9. The van der Waals surface area contributed by atoms with Crippen LogP contribution in [0.2, 0.25) is 0 Å². The van der Waals surface area contributed by atoms with Crippen molar-refractivity contribution in [3.8, 4) is 11.1 Å². The Labute approximate surface area is 247 Å². The first-order valence-electron chi connectivity index (χ1n) is 14.2. The van der Waals surface area contributed by atoms with E-state index in [2.05, 4.69) is 30.8 Å². The van der Waals surface area contributed by atoms with E-state index in [1.165, 1.54) is 0 Å². The zero-order valence-electron chi connectivity index (χ0n) is 24.2. The molecule has 3 aromatic rings. The molecule has 8 nitrogen and oxygen atoms in total. The number of nitrogens with one attached hydrogen (secondary N) is 1. The molecule has 0 spiro atoms. The molecule has 1 fully saturated rings. The van der Waals surface area contributed by atoms with Crippen LogP contribution in [0, 0.1) is 5.92 Å². The predicted octanol–water partition coefficient (Wildman–Crippen LogP) is 5.24. The maximum atomic E-state index is 11.9. The fraction of sp³-hybridized carbons (Fsp3) is 0.353. The number of amides is 1. The summed E-state index contributed by atoms with van der Waals surface area (Å²) in [6.45, 7) is 7.83. The van der Waals surface area contributed by atoms with Gasteiger partial charge in [0.1, 0.15) is 0 Å². The first kappa shape index (κ1) is 31.1. The van der Waals surface area contributed by atoms with Crippen molar-refractivity contribution in [2.45, 2.75) is 51.4 Å². The molecule has 4 rings (SSSR count). The number of hydrogen-bond donors (Lipinski definition) is 3. The summed E-state index contributed by atoms with van der Waals surface area (Å²) in [7, 11) is 2.05. The summed E-state index contributed by atoms with van der Waals surface area (Å²) in [5.74, 6) is -1.18. The van der Waals surface area contributed by atoms with Crippen LogP contribution in [0.25, 0.3) is 11.1 Å². The van der Waals surface area contributed by atoms with Gasteiger partial charge in [-0.25, -0.2) is 0 Å². The molecule has 1 aliphatic heterocycles. The Morgan fingerprint density at radius 1 is 0.952 bits per heavy atom. The number of likely N-dealkylation sites (N-methyl/N-ethyl adjacent to an activating group) is 1. The van der Waals surface area contributed by atoms with Gasteiger partial charge in [0.25, 0.3) is 0 Å². The Bertz CT molecular complexity index is 1340. The number of carbonyl (C=O) groups excluding carboxylic acids is 1. The van der Waals surface area contributed by atoms with Crippen molar-refractivity contribution in [2.75, 3.05) is 20.1 Å². The summed E-state index contributed by atoms with van der Waals surface area (Å²) in [5, 5.41) is 21.0. The van der Waals surface area contributed by atoms with Crippen molar-refractivity contribution >= 4 is 11.9 Å². The number of nitrogens with zero attached hydrogens (tertiary/aromatic N) is 1. The molecule has 1 heterocycles. The SMILES string of the molecule is C=CCN(C)C[C@@H]1O[C@H](c2ccc(-c3cccc(CNC(=O)CCC(=O)O)c3)cc2)O[C@H](c2ccc(CO)cc2)[C@@H]1C. The first-order chi connectivity index (χ1) is 20.3. The van der Waals surface area contributed by atoms with E-state index in [0.29, 0.717) is 6.54 Å². The second-order valence-electron chi connectivity index (χ2n) is 10.8. The minimum Gasteiger partial charge on any atom is -0.481 e. The summed E-state index contributed by atoms with van der Waals surface area (Å²) >= 11 is 0. The van der Waals surface area contributed by atoms with Gasteiger partial charge >= 0.3 is 5.97 Å². The highest BCUT2D eigenvalue weighted by molar-refractivity contribution is 5.80. The van der Waals surface area contributed by atoms with Crippen molar-refractivity contribution < 1.29 is 29.3 Å². The molecule has 0 bridgehead atoms. The van der Waals surface area contributed by atoms with Crippen LogP contribution in [0.3, 0.4) is 0 Å². The third-order valence-electron chi connectivity index (χ3n) is 7.55. The van der Waals surface area contributed by atoms with E-state index in [4.69, 9.17) is 14.6 Å². The molecule has 0 unspecified atom stereocenters. The van der Waals surface area contributed by atoms with Crippen LogP contribution in [0.15, 0.2) is 85.5 Å². The number of rotatable bonds is 13. The van der Waals surface area contributed by atoms with Crippen molar-refractivity contribution in [1.29, 1.82) is 0 Å². The van der Waals surface area contributed by atoms with E-state index < -0.39 is 12.3 Å². The highest BCUT2D eigenvalue weighted by Gasteiger charge is 2.38. The molecule has 3 N–H and O–H groups in total. The molecule has 1 amide bonds. The fourth-order valence-corrected chi connectivity index (χ4v) is 5.13. The van der Waals surface area contributed by atoms with Crippen molar-refractivity contribution in [1.82, 2.24) is 10.2 Å². The smallest absolute Gasteiger partial charge is 0.303 e. The summed E-state index contributed by atoms with van der Waals surface area (Å²) in [5.41, 5.74) is 5.77. The van der Waals surface area contributed by atoms with E-state index in [9.17, 15) is 14.7 Å². The fourth-order valence-electron chi connectivity index (χ4n) is 5.13. The van der Waals surface area contributed by atoms with Gasteiger partial charge in [0.15, 0.2) is 6.29 Å². The number of aliphatic carboxylic acids is 1. The van der Waals surface area contributed by atoms with E-state index in [0.717, 1.165) is 46.5 Å². The molecule has 3 aromatic carbocycles. The maximum absolute atomic E-state index is 11.9. The van der Waals surface area contributed by atoms with Crippen LogP contribution >= 0.6 is 0 Å². The molecule has 0 aromatic heterocycles. The number of ether oxygens (including phenoxy) is 2. The van der Waals surface area contributed by atoms with Crippen LogP contribution < -0.4 is 5.32 Å². The molecule has 0 saturated carbocycles. The summed E-state index contributed by atoms with van der Waals surface area (Å²) in [4.78, 5) is 24.8. The number of carboxylic acid groups (broad SMARTS) is 1. The average Bonchev–Trinajstić information content (AvgIpc) is 3.00. The van der Waals surface area contributed by atoms with Crippen LogP contribution in [0.1, 0.15) is 54.4 Å². The molecule has 8 heteroatoms. The molecular weight excluding hydrogens is 532 g/mol. The molecular formula is C34H40N2O6. The number of aliphatic hydroxyl groups is 1. The molecule has 1 saturated heterocycles. The summed E-state index contributed by atoms with van der Waals surface area (Å²) < 4.78 is 13.1. The van der Waals surface area contributed by atoms with Gasteiger partial charge in [-0.1, -0.05) is 79.7 Å². The lowest BCUT2D eigenvalue weighted by Gasteiger charge is -2.42. The lowest BCUT2D eigenvalue weighted by Crippen LogP contribution is -2.43. The van der Waals surface area contributed by atoms with Crippen LogP contribution in [-0.2, 0) is 32.2 Å². The van der Waals surface area contributed by atoms with Gasteiger partial charge in [-0.3, -0.25) is 9.59 Å². The molecule has 0 aliphatic carbocycles. The number of carbonyl (C=O) groups is 2. The topological polar surface area (TPSA) is 108 Å². The van der Waals surface area contributed by atoms with Gasteiger partial charge in [0.2, 0.25) is 5.91 Å². The predicted molar refractivity (Wildman–Crippen MR) is 161 cm³/mol. The van der Waals surface area contributed by atoms with Crippen molar-refractivity contribution in [3.63, 3.8) is 0 Å². The highest BCUT2D eigenvalue weighted by atomic mass is 16.7. The normalized spacial score (nSPS) is 20.3. The largest absolute Gasteiger partial charge is 0.481 e. The highest BCUT2D eigenvalue weighted by Crippen LogP contribution is 2.42. The molecule has 0 radical (unpaired) electrons. The van der Waals surface area contributed by atoms with Crippen LogP contribution in [-0.4, -0.2) is 53.2 Å². The number of carboxylic acids is 1. The molecule has 222 valence electrons. The van der Waals surface area contributed by atoms with Gasteiger partial charge in [0.05, 0.1) is 25.2 Å². The Balaban J connectivity index is 1.49. The van der Waals surface area contributed by atoms with Gasteiger partial charge in [-0.2, -0.15) is 0 Å². The quantitative estimate of drug-likeness (QED) is 0.241. The minimum atomic E-state index is -0.989. The van der Waals surface area contributed by atoms with E-state index in [1.807, 2.05) is 78.9 Å². The number of aliphatic hydroxyl groups excluding tert-OH is 1. The monoisotopic (exact) mass is 572 g/mol. The lowest BCUT2D eigenvalue weighted by molar-refractivity contribution is -0.275. The van der Waals surface area contributed by atoms with Gasteiger partial charge in [-0.05, 0) is 40.9 Å². The standard InChI is InChI=1S/C34H40N2O6/c1-4-18-36(3)21-30-23(2)33(27-10-8-24(22-37)9-11-27)42-34(41-30)28-14-12-26(13-15-28)29-7-5-6-25(19-29)20-35-31(38)16-17-32(39)40/h4-15,19,23,30,33-34,37H,1,16-18,20-22H2,2-3H3,(H,35,38)(H,39,40)/t23-,30+,33+,34+/m1/s1. The van der Waals surface area contributed by atoms with Crippen LogP contribution in [0.5, 0.6) is 0 Å². The Hall–Kier alpha value is -3.82. The number of benzene rings is 3. The number of hydrogen-bond acceptors (Lipinski definition) is 6. The van der Waals surface area contributed by atoms with Crippen molar-refractivity contribution in [2.24, 2.45) is 5.92 Å². The van der Waals surface area contributed by atoms with Gasteiger partial charge in [0, 0.05) is 37.5 Å². The Morgan fingerprint density at radius 2 is 1.67 bits per heavy atom. The average molecular weight is 573 g/mol. The molecule has 1 aliphatic rings. The summed E-state index contributed by atoms with van der Waals surface area (Å²) in [6.07, 6.45) is 0.856. The maximum Gasteiger partial charge on any atom is 0.303 e. The van der Waals surface area contributed by atoms with E-state index in [-0.39, 0.29) is 43.5 Å². The third-order valence-corrected chi connectivity index (χ3v) is 7.55. The van der Waals surface area contributed by atoms with Gasteiger partial charge in [-0.15, -0.1) is 6.58 Å². The molecule has 42 heavy (non-hydrogen) atoms. The Morgan fingerprint density at radius 3 is 2.33 bits per heavy atom. The minimum absolute atomic E-state index is 0.00124. The zero-order chi connectivity index (χ0) is 30.1. The zero-order valence-corrected chi connectivity index (χ0v) is 24.2. The molecule has 4 atom stereocenters. The summed E-state index contributed by atoms with van der Waals surface area (Å²) in [6, 6.07) is 23.9. The third kappa shape index (κ3) is 8.36. The van der Waals surface area contributed by atoms with E-state index >= 15 is 0 Å². The van der Waals surface area contributed by atoms with E-state index in [1.54, 1.807) is 0 Å². The first-order valence-corrected chi connectivity index (χ1v) is 14.2.